The van der Waals surface area contributed by atoms with Gasteiger partial charge in [-0.1, -0.05) is 6.92 Å². The summed E-state index contributed by atoms with van der Waals surface area (Å²) in [5, 5.41) is 11.0. The van der Waals surface area contributed by atoms with Crippen LogP contribution in [0.4, 0.5) is 20.2 Å². The van der Waals surface area contributed by atoms with Crippen LogP contribution in [-0.4, -0.2) is 92.1 Å². The van der Waals surface area contributed by atoms with Crippen molar-refractivity contribution in [3.63, 3.8) is 0 Å². The van der Waals surface area contributed by atoms with Crippen molar-refractivity contribution < 1.29 is 26.7 Å². The molecule has 3 aromatic rings. The number of hydrogen-bond donors (Lipinski definition) is 2. The molecule has 0 radical (unpaired) electrons. The van der Waals surface area contributed by atoms with E-state index in [-0.39, 0.29) is 31.3 Å². The zero-order valence-electron chi connectivity index (χ0n) is 25.5. The van der Waals surface area contributed by atoms with Gasteiger partial charge in [0, 0.05) is 99.2 Å². The molecule has 6 rings (SSSR count). The molecule has 242 valence electrons. The Morgan fingerprint density at radius 3 is 2.49 bits per heavy atom. The fourth-order valence-electron chi connectivity index (χ4n) is 6.45. The van der Waals surface area contributed by atoms with E-state index in [1.54, 1.807) is 0 Å². The first kappa shape index (κ1) is 31.6. The van der Waals surface area contributed by atoms with Crippen LogP contribution in [0.5, 0.6) is 0 Å². The predicted molar refractivity (Wildman–Crippen MR) is 167 cm³/mol. The van der Waals surface area contributed by atoms with Crippen molar-refractivity contribution in [2.45, 2.75) is 56.5 Å². The lowest BCUT2D eigenvalue weighted by Crippen LogP contribution is -2.46. The Morgan fingerprint density at radius 2 is 1.78 bits per heavy atom. The van der Waals surface area contributed by atoms with E-state index in [0.29, 0.717) is 42.5 Å². The SMILES string of the molecule is CCCN1CCN(c2ccc(C(=O)Cc3n[nH]c4c3CN(S(=O)(=O)c3cc(F)cc(F)c3)CC4)c(NC3CCOCC3)c2)CC1. The summed E-state index contributed by atoms with van der Waals surface area (Å²) in [6.45, 7) is 8.55. The molecule has 1 aromatic heterocycles. The van der Waals surface area contributed by atoms with Gasteiger partial charge in [-0.3, -0.25) is 14.8 Å². The van der Waals surface area contributed by atoms with Crippen molar-refractivity contribution in [2.24, 2.45) is 0 Å². The molecular weight excluding hydrogens is 602 g/mol. The molecule has 0 aliphatic carbocycles. The number of carbonyl (C=O) groups is 1. The largest absolute Gasteiger partial charge is 0.381 e. The molecule has 0 saturated carbocycles. The molecule has 0 bridgehead atoms. The Kier molecular flexibility index (Phi) is 9.50. The maximum absolute atomic E-state index is 13.9. The lowest BCUT2D eigenvalue weighted by atomic mass is 9.98. The summed E-state index contributed by atoms with van der Waals surface area (Å²) < 4.78 is 61.0. The number of rotatable bonds is 10. The van der Waals surface area contributed by atoms with Crippen molar-refractivity contribution in [3.8, 4) is 0 Å². The molecule has 13 heteroatoms. The monoisotopic (exact) mass is 642 g/mol. The first-order chi connectivity index (χ1) is 21.7. The number of hydrogen-bond acceptors (Lipinski definition) is 8. The molecule has 10 nitrogen and oxygen atoms in total. The first-order valence-electron chi connectivity index (χ1n) is 15.7. The average molecular weight is 643 g/mol. The first-order valence-corrected chi connectivity index (χ1v) is 17.2. The Morgan fingerprint density at radius 1 is 1.04 bits per heavy atom. The fraction of sp³-hybridized carbons (Fsp3) is 0.500. The van der Waals surface area contributed by atoms with Crippen molar-refractivity contribution in [3.05, 3.63) is 70.5 Å². The number of Topliss-reactive ketones (excluding diaryl/α,β-unsaturated/α-hetero) is 1. The molecule has 3 aliphatic rings. The van der Waals surface area contributed by atoms with E-state index < -0.39 is 26.6 Å². The summed E-state index contributed by atoms with van der Waals surface area (Å²) in [4.78, 5) is 18.3. The number of sulfonamides is 1. The molecule has 0 unspecified atom stereocenters. The number of nitrogens with one attached hydrogen (secondary N) is 2. The topological polar surface area (TPSA) is 111 Å². The van der Waals surface area contributed by atoms with Crippen molar-refractivity contribution in [1.29, 1.82) is 0 Å². The summed E-state index contributed by atoms with van der Waals surface area (Å²) in [5.41, 5.74) is 4.25. The number of ketones is 1. The summed E-state index contributed by atoms with van der Waals surface area (Å²) in [7, 11) is -4.17. The second-order valence-electron chi connectivity index (χ2n) is 12.0. The van der Waals surface area contributed by atoms with Gasteiger partial charge in [0.05, 0.1) is 17.0 Å². The zero-order chi connectivity index (χ0) is 31.6. The normalized spacial score (nSPS) is 18.6. The van der Waals surface area contributed by atoms with Crippen LogP contribution in [0, 0.1) is 11.6 Å². The van der Waals surface area contributed by atoms with Crippen LogP contribution in [-0.2, 0) is 34.1 Å². The Balaban J connectivity index is 1.22. The number of H-pyrrole nitrogens is 1. The minimum atomic E-state index is -4.17. The number of anilines is 2. The summed E-state index contributed by atoms with van der Waals surface area (Å²) in [5.74, 6) is -2.06. The number of piperazine rings is 1. The third kappa shape index (κ3) is 7.06. The number of halogens is 2. The Hall–Kier alpha value is -3.39. The highest BCUT2D eigenvalue weighted by Crippen LogP contribution is 2.31. The molecule has 2 saturated heterocycles. The van der Waals surface area contributed by atoms with Gasteiger partial charge in [-0.15, -0.1) is 0 Å². The zero-order valence-corrected chi connectivity index (χ0v) is 26.3. The van der Waals surface area contributed by atoms with Crippen molar-refractivity contribution in [2.75, 3.05) is 62.7 Å². The number of carbonyl (C=O) groups excluding carboxylic acids is 1. The maximum Gasteiger partial charge on any atom is 0.243 e. The van der Waals surface area contributed by atoms with Gasteiger partial charge in [-0.2, -0.15) is 9.40 Å². The highest BCUT2D eigenvalue weighted by Gasteiger charge is 2.32. The van der Waals surface area contributed by atoms with Gasteiger partial charge in [0.25, 0.3) is 0 Å². The molecule has 4 heterocycles. The van der Waals surface area contributed by atoms with Gasteiger partial charge in [0.1, 0.15) is 11.6 Å². The number of aromatic nitrogens is 2. The smallest absolute Gasteiger partial charge is 0.243 e. The molecule has 2 N–H and O–H groups in total. The van der Waals surface area contributed by atoms with Crippen molar-refractivity contribution in [1.82, 2.24) is 19.4 Å². The van der Waals surface area contributed by atoms with Crippen molar-refractivity contribution >= 4 is 27.2 Å². The number of benzene rings is 2. The molecule has 0 amide bonds. The molecule has 2 fully saturated rings. The summed E-state index contributed by atoms with van der Waals surface area (Å²) in [6.07, 6.45) is 3.14. The third-order valence-corrected chi connectivity index (χ3v) is 10.8. The summed E-state index contributed by atoms with van der Waals surface area (Å²) in [6, 6.07) is 8.41. The fourth-order valence-corrected chi connectivity index (χ4v) is 7.91. The van der Waals surface area contributed by atoms with E-state index in [9.17, 15) is 22.0 Å². The van der Waals surface area contributed by atoms with Crippen LogP contribution >= 0.6 is 0 Å². The van der Waals surface area contributed by atoms with E-state index in [1.165, 1.54) is 4.31 Å². The minimum Gasteiger partial charge on any atom is -0.381 e. The van der Waals surface area contributed by atoms with Crippen LogP contribution in [0.15, 0.2) is 41.3 Å². The van der Waals surface area contributed by atoms with Crippen LogP contribution < -0.4 is 10.2 Å². The van der Waals surface area contributed by atoms with Crippen LogP contribution in [0.2, 0.25) is 0 Å². The van der Waals surface area contributed by atoms with E-state index in [0.717, 1.165) is 81.2 Å². The van der Waals surface area contributed by atoms with Gasteiger partial charge in [0.2, 0.25) is 10.0 Å². The van der Waals surface area contributed by atoms with Gasteiger partial charge in [-0.05, 0) is 56.1 Å². The number of nitrogens with zero attached hydrogens (tertiary/aromatic N) is 4. The van der Waals surface area contributed by atoms with Gasteiger partial charge < -0.3 is 15.0 Å². The van der Waals surface area contributed by atoms with Crippen LogP contribution in [0.1, 0.15) is 53.5 Å². The number of aromatic amines is 1. The average Bonchev–Trinajstić information content (AvgIpc) is 3.43. The van der Waals surface area contributed by atoms with E-state index >= 15 is 0 Å². The Labute approximate surface area is 262 Å². The molecule has 0 spiro atoms. The standard InChI is InChI=1S/C32H40F2N6O4S/c1-2-8-38-10-12-39(13-11-38)25-3-4-27(30(19-25)35-24-6-14-44-15-7-24)32(41)20-31-28-21-40(9-5-29(28)36-37-31)45(42,43)26-17-22(33)16-23(34)18-26/h3-4,16-19,24,35H,2,5-15,20-21H2,1H3,(H,36,37). The van der Waals surface area contributed by atoms with E-state index in [4.69, 9.17) is 4.74 Å². The van der Waals surface area contributed by atoms with Crippen LogP contribution in [0.3, 0.4) is 0 Å². The summed E-state index contributed by atoms with van der Waals surface area (Å²) >= 11 is 0. The highest BCUT2D eigenvalue weighted by atomic mass is 32.2. The predicted octanol–water partition coefficient (Wildman–Crippen LogP) is 3.98. The number of fused-ring (bicyclic) bond motifs is 1. The lowest BCUT2D eigenvalue weighted by Gasteiger charge is -2.36. The second-order valence-corrected chi connectivity index (χ2v) is 13.9. The van der Waals surface area contributed by atoms with Gasteiger partial charge >= 0.3 is 0 Å². The van der Waals surface area contributed by atoms with E-state index in [2.05, 4.69) is 38.3 Å². The molecule has 2 aromatic carbocycles. The molecule has 0 atom stereocenters. The van der Waals surface area contributed by atoms with Crippen LogP contribution in [0.25, 0.3) is 0 Å². The molecular formula is C32H40F2N6O4S. The molecule has 45 heavy (non-hydrogen) atoms. The number of ether oxygens (including phenoxy) is 1. The second kappa shape index (κ2) is 13.5. The quantitative estimate of drug-likeness (QED) is 0.320. The van der Waals surface area contributed by atoms with Gasteiger partial charge in [0.15, 0.2) is 5.78 Å². The maximum atomic E-state index is 13.9. The van der Waals surface area contributed by atoms with E-state index in [1.807, 2.05) is 12.1 Å². The highest BCUT2D eigenvalue weighted by molar-refractivity contribution is 7.89. The third-order valence-electron chi connectivity index (χ3n) is 8.95. The minimum absolute atomic E-state index is 0.0220. The Bertz CT molecular complexity index is 1610. The lowest BCUT2D eigenvalue weighted by molar-refractivity contribution is 0.0904. The molecule has 3 aliphatic heterocycles. The van der Waals surface area contributed by atoms with Gasteiger partial charge in [-0.25, -0.2) is 17.2 Å².